The summed E-state index contributed by atoms with van der Waals surface area (Å²) in [4.78, 5) is 39.3. The molecule has 0 radical (unpaired) electrons. The smallest absolute Gasteiger partial charge is 0.223 e. The predicted octanol–water partition coefficient (Wildman–Crippen LogP) is 2.43. The minimum absolute atomic E-state index is 0.0267. The van der Waals surface area contributed by atoms with Gasteiger partial charge in [0.05, 0.1) is 12.2 Å². The molecule has 154 valence electrons. The zero-order valence-electron chi connectivity index (χ0n) is 17.6. The number of nitrogens with zero attached hydrogens (tertiary/aromatic N) is 5. The summed E-state index contributed by atoms with van der Waals surface area (Å²) in [5.41, 5.74) is 1.98. The molecule has 7 heteroatoms. The summed E-state index contributed by atoms with van der Waals surface area (Å²) in [5, 5.41) is 0. The van der Waals surface area contributed by atoms with Gasteiger partial charge in [-0.25, -0.2) is 9.97 Å². The van der Waals surface area contributed by atoms with Gasteiger partial charge in [-0.3, -0.25) is 9.59 Å². The van der Waals surface area contributed by atoms with Gasteiger partial charge >= 0.3 is 0 Å². The normalized spacial score (nSPS) is 16.2. The molecule has 0 spiro atoms. The van der Waals surface area contributed by atoms with Crippen LogP contribution in [0, 0.1) is 0 Å². The third-order valence-corrected chi connectivity index (χ3v) is 5.19. The number of aromatic nitrogens is 2. The molecule has 1 aromatic carbocycles. The second-order valence-electron chi connectivity index (χ2n) is 7.73. The van der Waals surface area contributed by atoms with Crippen molar-refractivity contribution in [3.63, 3.8) is 0 Å². The fourth-order valence-electron chi connectivity index (χ4n) is 3.51. The number of hydrogen-bond donors (Lipinski definition) is 0. The second-order valence-corrected chi connectivity index (χ2v) is 7.73. The summed E-state index contributed by atoms with van der Waals surface area (Å²) >= 11 is 0. The van der Waals surface area contributed by atoms with Crippen molar-refractivity contribution >= 4 is 17.6 Å². The third-order valence-electron chi connectivity index (χ3n) is 5.19. The molecule has 1 aliphatic rings. The topological polar surface area (TPSA) is 69.6 Å². The molecular formula is C22H29N5O2. The minimum Gasteiger partial charge on any atom is -0.363 e. The predicted molar refractivity (Wildman–Crippen MR) is 112 cm³/mol. The van der Waals surface area contributed by atoms with E-state index in [0.29, 0.717) is 38.3 Å². The molecule has 2 amide bonds. The highest BCUT2D eigenvalue weighted by Crippen LogP contribution is 2.29. The van der Waals surface area contributed by atoms with E-state index in [-0.39, 0.29) is 17.7 Å². The van der Waals surface area contributed by atoms with E-state index in [1.165, 1.54) is 0 Å². The minimum atomic E-state index is 0.0267. The van der Waals surface area contributed by atoms with Gasteiger partial charge in [0.15, 0.2) is 0 Å². The van der Waals surface area contributed by atoms with Gasteiger partial charge in [0.1, 0.15) is 11.6 Å². The van der Waals surface area contributed by atoms with Crippen LogP contribution >= 0.6 is 0 Å². The Morgan fingerprint density at radius 3 is 2.55 bits per heavy atom. The number of anilines is 1. The molecular weight excluding hydrogens is 366 g/mol. The first-order chi connectivity index (χ1) is 13.9. The van der Waals surface area contributed by atoms with Crippen LogP contribution in [0.1, 0.15) is 42.8 Å². The van der Waals surface area contributed by atoms with Gasteiger partial charge in [-0.15, -0.1) is 0 Å². The van der Waals surface area contributed by atoms with Crippen LogP contribution in [0.2, 0.25) is 0 Å². The fraction of sp³-hybridized carbons (Fsp3) is 0.455. The molecule has 0 unspecified atom stereocenters. The van der Waals surface area contributed by atoms with Crippen molar-refractivity contribution in [3.8, 4) is 0 Å². The average molecular weight is 396 g/mol. The van der Waals surface area contributed by atoms with Gasteiger partial charge < -0.3 is 14.7 Å². The van der Waals surface area contributed by atoms with Crippen LogP contribution in [0.4, 0.5) is 5.82 Å². The molecule has 1 aliphatic heterocycles. The summed E-state index contributed by atoms with van der Waals surface area (Å²) in [6.45, 7) is 3.45. The highest BCUT2D eigenvalue weighted by Gasteiger charge is 2.32. The largest absolute Gasteiger partial charge is 0.363 e. The summed E-state index contributed by atoms with van der Waals surface area (Å²) in [6.07, 6.45) is 0.891. The molecule has 0 saturated carbocycles. The maximum Gasteiger partial charge on any atom is 0.223 e. The molecule has 3 rings (SSSR count). The van der Waals surface area contributed by atoms with Crippen molar-refractivity contribution in [2.75, 3.05) is 32.6 Å². The van der Waals surface area contributed by atoms with Crippen LogP contribution < -0.4 is 4.90 Å². The van der Waals surface area contributed by atoms with Crippen molar-refractivity contribution < 1.29 is 9.59 Å². The number of rotatable bonds is 7. The van der Waals surface area contributed by atoms with E-state index in [1.807, 2.05) is 67.2 Å². The van der Waals surface area contributed by atoms with E-state index in [1.54, 1.807) is 11.9 Å². The Morgan fingerprint density at radius 2 is 1.90 bits per heavy atom. The summed E-state index contributed by atoms with van der Waals surface area (Å²) < 4.78 is 0. The number of hydrogen-bond acceptors (Lipinski definition) is 5. The second kappa shape index (κ2) is 9.03. The van der Waals surface area contributed by atoms with Gasteiger partial charge in [-0.05, 0) is 5.56 Å². The zero-order chi connectivity index (χ0) is 21.0. The first kappa shape index (κ1) is 20.8. The highest BCUT2D eigenvalue weighted by atomic mass is 16.2. The molecule has 29 heavy (non-hydrogen) atoms. The number of amides is 2. The van der Waals surface area contributed by atoms with E-state index in [4.69, 9.17) is 4.98 Å². The fourth-order valence-corrected chi connectivity index (χ4v) is 3.51. The zero-order valence-corrected chi connectivity index (χ0v) is 17.6. The third kappa shape index (κ3) is 5.10. The first-order valence-electron chi connectivity index (χ1n) is 9.98. The number of carbonyl (C=O) groups is 2. The van der Waals surface area contributed by atoms with Crippen LogP contribution in [0.15, 0.2) is 36.4 Å². The Hall–Kier alpha value is -2.96. The Balaban J connectivity index is 1.80. The Morgan fingerprint density at radius 1 is 1.17 bits per heavy atom. The lowest BCUT2D eigenvalue weighted by Crippen LogP contribution is -2.27. The van der Waals surface area contributed by atoms with Crippen LogP contribution in [-0.2, 0) is 22.7 Å². The lowest BCUT2D eigenvalue weighted by Gasteiger charge is -2.20. The lowest BCUT2D eigenvalue weighted by atomic mass is 10.0. The van der Waals surface area contributed by atoms with Gasteiger partial charge in [-0.2, -0.15) is 0 Å². The van der Waals surface area contributed by atoms with Crippen LogP contribution in [0.5, 0.6) is 0 Å². The standard InChI is InChI=1S/C22H29N5O2/c1-5-21(28)26(4)15-19-23-18(12-20(24-19)25(2)3)17-11-22(29)27(14-17)13-16-9-7-6-8-10-16/h6-10,12,17H,5,11,13-15H2,1-4H3/t17-/m0/s1. The molecule has 1 atom stereocenters. The summed E-state index contributed by atoms with van der Waals surface area (Å²) in [6, 6.07) is 12.0. The number of likely N-dealkylation sites (tertiary alicyclic amines) is 1. The van der Waals surface area contributed by atoms with Crippen molar-refractivity contribution in [1.29, 1.82) is 0 Å². The Kier molecular flexibility index (Phi) is 6.46. The van der Waals surface area contributed by atoms with Crippen LogP contribution in [0.3, 0.4) is 0 Å². The molecule has 7 nitrogen and oxygen atoms in total. The van der Waals surface area contributed by atoms with Gasteiger partial charge in [-0.1, -0.05) is 37.3 Å². The van der Waals surface area contributed by atoms with Crippen molar-refractivity contribution in [1.82, 2.24) is 19.8 Å². The molecule has 1 saturated heterocycles. The molecule has 1 aromatic heterocycles. The van der Waals surface area contributed by atoms with Gasteiger partial charge in [0, 0.05) is 59.1 Å². The molecule has 0 aliphatic carbocycles. The molecule has 2 aromatic rings. The monoisotopic (exact) mass is 395 g/mol. The Labute approximate surface area is 172 Å². The van der Waals surface area contributed by atoms with Crippen LogP contribution in [0.25, 0.3) is 0 Å². The highest BCUT2D eigenvalue weighted by molar-refractivity contribution is 5.79. The molecule has 2 heterocycles. The summed E-state index contributed by atoms with van der Waals surface area (Å²) in [5.74, 6) is 1.61. The molecule has 0 N–H and O–H groups in total. The maximum absolute atomic E-state index is 12.6. The Bertz CT molecular complexity index is 869. The first-order valence-corrected chi connectivity index (χ1v) is 9.98. The SMILES string of the molecule is CCC(=O)N(C)Cc1nc([C@H]2CC(=O)N(Cc3ccccc3)C2)cc(N(C)C)n1. The lowest BCUT2D eigenvalue weighted by molar-refractivity contribution is -0.130. The van der Waals surface area contributed by atoms with Gasteiger partial charge in [0.2, 0.25) is 11.8 Å². The van der Waals surface area contributed by atoms with Crippen LogP contribution in [-0.4, -0.2) is 59.3 Å². The quantitative estimate of drug-likeness (QED) is 0.720. The van der Waals surface area contributed by atoms with Crippen molar-refractivity contribution in [2.24, 2.45) is 0 Å². The number of benzene rings is 1. The van der Waals surface area contributed by atoms with E-state index in [0.717, 1.165) is 17.1 Å². The maximum atomic E-state index is 12.6. The van der Waals surface area contributed by atoms with E-state index in [9.17, 15) is 9.59 Å². The van der Waals surface area contributed by atoms with Gasteiger partial charge in [0.25, 0.3) is 0 Å². The van der Waals surface area contributed by atoms with E-state index < -0.39 is 0 Å². The summed E-state index contributed by atoms with van der Waals surface area (Å²) in [7, 11) is 5.62. The van der Waals surface area contributed by atoms with E-state index in [2.05, 4.69) is 4.98 Å². The van der Waals surface area contributed by atoms with E-state index >= 15 is 0 Å². The van der Waals surface area contributed by atoms with Crippen molar-refractivity contribution in [2.45, 2.75) is 38.8 Å². The molecule has 0 bridgehead atoms. The average Bonchev–Trinajstić information content (AvgIpc) is 3.08. The molecule has 1 fully saturated rings. The number of carbonyl (C=O) groups excluding carboxylic acids is 2. The van der Waals surface area contributed by atoms with Crippen molar-refractivity contribution in [3.05, 3.63) is 53.5 Å².